The van der Waals surface area contributed by atoms with Crippen LogP contribution in [0.15, 0.2) is 61.2 Å². The zero-order chi connectivity index (χ0) is 14.7. The summed E-state index contributed by atoms with van der Waals surface area (Å²) in [5.74, 6) is 0.775. The topological polar surface area (TPSA) is 25.8 Å². The van der Waals surface area contributed by atoms with Crippen molar-refractivity contribution in [1.82, 2.24) is 9.97 Å². The van der Waals surface area contributed by atoms with Crippen LogP contribution in [0.2, 0.25) is 0 Å². The van der Waals surface area contributed by atoms with Crippen LogP contribution in [-0.2, 0) is 0 Å². The zero-order valence-corrected chi connectivity index (χ0v) is 13.0. The van der Waals surface area contributed by atoms with Gasteiger partial charge in [0.05, 0.1) is 0 Å². The molecule has 0 fully saturated rings. The SMILES string of the molecule is CC(c1cccnc1)c1ccc(C(C)c2cccnc2)s1. The van der Waals surface area contributed by atoms with Gasteiger partial charge in [0.1, 0.15) is 0 Å². The van der Waals surface area contributed by atoms with Gasteiger partial charge in [-0.2, -0.15) is 0 Å². The van der Waals surface area contributed by atoms with E-state index in [-0.39, 0.29) is 0 Å². The van der Waals surface area contributed by atoms with Crippen molar-refractivity contribution in [2.24, 2.45) is 0 Å². The molecule has 0 aliphatic rings. The molecule has 3 rings (SSSR count). The smallest absolute Gasteiger partial charge is 0.0306 e. The van der Waals surface area contributed by atoms with Crippen LogP contribution in [0.4, 0.5) is 0 Å². The van der Waals surface area contributed by atoms with Gasteiger partial charge < -0.3 is 0 Å². The van der Waals surface area contributed by atoms with Crippen LogP contribution < -0.4 is 0 Å². The molecule has 3 heterocycles. The second kappa shape index (κ2) is 6.19. The van der Waals surface area contributed by atoms with E-state index in [1.54, 1.807) is 0 Å². The molecule has 0 radical (unpaired) electrons. The Morgan fingerprint density at radius 2 is 1.24 bits per heavy atom. The van der Waals surface area contributed by atoms with Gasteiger partial charge in [0.15, 0.2) is 0 Å². The molecular formula is C18H18N2S. The summed E-state index contributed by atoms with van der Waals surface area (Å²) in [6.45, 7) is 4.47. The number of pyridine rings is 2. The van der Waals surface area contributed by atoms with Crippen molar-refractivity contribution in [3.05, 3.63) is 82.1 Å². The minimum absolute atomic E-state index is 0.388. The Hall–Kier alpha value is -2.00. The second-order valence-electron chi connectivity index (χ2n) is 5.26. The summed E-state index contributed by atoms with van der Waals surface area (Å²) in [5, 5.41) is 0. The first-order chi connectivity index (χ1) is 10.3. The molecule has 2 unspecified atom stereocenters. The maximum absolute atomic E-state index is 4.22. The van der Waals surface area contributed by atoms with Crippen molar-refractivity contribution in [2.45, 2.75) is 25.7 Å². The monoisotopic (exact) mass is 294 g/mol. The van der Waals surface area contributed by atoms with Crippen LogP contribution in [0.3, 0.4) is 0 Å². The Bertz CT molecular complexity index is 632. The lowest BCUT2D eigenvalue weighted by atomic mass is 10.0. The van der Waals surface area contributed by atoms with E-state index >= 15 is 0 Å². The predicted molar refractivity (Wildman–Crippen MR) is 87.8 cm³/mol. The van der Waals surface area contributed by atoms with E-state index in [4.69, 9.17) is 0 Å². The number of thiophene rings is 1. The molecule has 0 aromatic carbocycles. The third kappa shape index (κ3) is 3.03. The molecule has 0 bridgehead atoms. The molecule has 3 aromatic heterocycles. The van der Waals surface area contributed by atoms with Crippen LogP contribution in [0.1, 0.15) is 46.6 Å². The van der Waals surface area contributed by atoms with Crippen molar-refractivity contribution in [3.8, 4) is 0 Å². The largest absolute Gasteiger partial charge is 0.264 e. The van der Waals surface area contributed by atoms with Gasteiger partial charge in [-0.3, -0.25) is 9.97 Å². The van der Waals surface area contributed by atoms with E-state index < -0.39 is 0 Å². The summed E-state index contributed by atoms with van der Waals surface area (Å²) in [4.78, 5) is 11.2. The fourth-order valence-electron chi connectivity index (χ4n) is 2.43. The van der Waals surface area contributed by atoms with Crippen LogP contribution in [0.25, 0.3) is 0 Å². The number of hydrogen-bond acceptors (Lipinski definition) is 3. The van der Waals surface area contributed by atoms with Crippen molar-refractivity contribution in [2.75, 3.05) is 0 Å². The minimum Gasteiger partial charge on any atom is -0.264 e. The molecule has 106 valence electrons. The molecule has 0 saturated heterocycles. The average molecular weight is 294 g/mol. The maximum Gasteiger partial charge on any atom is 0.0306 e. The summed E-state index contributed by atoms with van der Waals surface area (Å²) in [7, 11) is 0. The van der Waals surface area contributed by atoms with Gasteiger partial charge >= 0.3 is 0 Å². The second-order valence-corrected chi connectivity index (χ2v) is 6.40. The summed E-state index contributed by atoms with van der Waals surface area (Å²) in [5.41, 5.74) is 2.53. The predicted octanol–water partition coefficient (Wildman–Crippen LogP) is 4.84. The molecular weight excluding hydrogens is 276 g/mol. The highest BCUT2D eigenvalue weighted by atomic mass is 32.1. The maximum atomic E-state index is 4.22. The first kappa shape index (κ1) is 14.0. The lowest BCUT2D eigenvalue weighted by Gasteiger charge is -2.10. The van der Waals surface area contributed by atoms with Crippen molar-refractivity contribution < 1.29 is 0 Å². The van der Waals surface area contributed by atoms with Crippen molar-refractivity contribution in [3.63, 3.8) is 0 Å². The number of aromatic nitrogens is 2. The molecule has 0 spiro atoms. The van der Waals surface area contributed by atoms with E-state index in [0.717, 1.165) is 0 Å². The normalized spacial score (nSPS) is 13.8. The van der Waals surface area contributed by atoms with Gasteiger partial charge in [0.2, 0.25) is 0 Å². The molecule has 2 atom stereocenters. The Balaban J connectivity index is 1.84. The first-order valence-corrected chi connectivity index (χ1v) is 7.97. The standard InChI is InChI=1S/C18H18N2S/c1-13(15-5-3-9-19-11-15)17-7-8-18(21-17)14(2)16-6-4-10-20-12-16/h3-14H,1-2H3. The van der Waals surface area contributed by atoms with Crippen LogP contribution >= 0.6 is 11.3 Å². The lowest BCUT2D eigenvalue weighted by molar-refractivity contribution is 0.934. The van der Waals surface area contributed by atoms with Crippen LogP contribution in [0, 0.1) is 0 Å². The Morgan fingerprint density at radius 1 is 0.762 bits per heavy atom. The Morgan fingerprint density at radius 3 is 1.62 bits per heavy atom. The number of hydrogen-bond donors (Lipinski definition) is 0. The molecule has 3 heteroatoms. The summed E-state index contributed by atoms with van der Waals surface area (Å²) < 4.78 is 0. The Kier molecular flexibility index (Phi) is 4.11. The molecule has 0 amide bonds. The summed E-state index contributed by atoms with van der Waals surface area (Å²) in [6, 6.07) is 12.8. The molecule has 2 nitrogen and oxygen atoms in total. The number of nitrogens with zero attached hydrogens (tertiary/aromatic N) is 2. The van der Waals surface area contributed by atoms with E-state index in [1.807, 2.05) is 48.3 Å². The van der Waals surface area contributed by atoms with Gasteiger partial charge in [-0.05, 0) is 35.4 Å². The van der Waals surface area contributed by atoms with E-state index in [0.29, 0.717) is 11.8 Å². The highest BCUT2D eigenvalue weighted by molar-refractivity contribution is 7.12. The molecule has 3 aromatic rings. The quantitative estimate of drug-likeness (QED) is 0.688. The summed E-state index contributed by atoms with van der Waals surface area (Å²) in [6.07, 6.45) is 7.55. The van der Waals surface area contributed by atoms with Gasteiger partial charge in [0.25, 0.3) is 0 Å². The molecule has 0 aliphatic heterocycles. The van der Waals surface area contributed by atoms with Crippen LogP contribution in [-0.4, -0.2) is 9.97 Å². The zero-order valence-electron chi connectivity index (χ0n) is 12.2. The fraction of sp³-hybridized carbons (Fsp3) is 0.222. The van der Waals surface area contributed by atoms with Gasteiger partial charge in [-0.15, -0.1) is 11.3 Å². The van der Waals surface area contributed by atoms with Crippen molar-refractivity contribution in [1.29, 1.82) is 0 Å². The van der Waals surface area contributed by atoms with Gasteiger partial charge in [-0.25, -0.2) is 0 Å². The summed E-state index contributed by atoms with van der Waals surface area (Å²) >= 11 is 1.88. The van der Waals surface area contributed by atoms with E-state index in [2.05, 4.69) is 48.1 Å². The highest BCUT2D eigenvalue weighted by Gasteiger charge is 2.15. The van der Waals surface area contributed by atoms with Gasteiger partial charge in [-0.1, -0.05) is 26.0 Å². The first-order valence-electron chi connectivity index (χ1n) is 7.15. The van der Waals surface area contributed by atoms with E-state index in [1.165, 1.54) is 20.9 Å². The number of rotatable bonds is 4. The van der Waals surface area contributed by atoms with Gasteiger partial charge in [0, 0.05) is 46.4 Å². The third-order valence-electron chi connectivity index (χ3n) is 3.87. The van der Waals surface area contributed by atoms with Crippen LogP contribution in [0.5, 0.6) is 0 Å². The highest BCUT2D eigenvalue weighted by Crippen LogP contribution is 2.35. The van der Waals surface area contributed by atoms with Crippen molar-refractivity contribution >= 4 is 11.3 Å². The minimum atomic E-state index is 0.388. The molecule has 0 aliphatic carbocycles. The molecule has 0 saturated carbocycles. The third-order valence-corrected chi connectivity index (χ3v) is 5.32. The molecule has 21 heavy (non-hydrogen) atoms. The fourth-order valence-corrected chi connectivity index (χ4v) is 3.60. The van der Waals surface area contributed by atoms with E-state index in [9.17, 15) is 0 Å². The lowest BCUT2D eigenvalue weighted by Crippen LogP contribution is -1.94. The molecule has 0 N–H and O–H groups in total. The Labute approximate surface area is 129 Å². The average Bonchev–Trinajstić information content (AvgIpc) is 3.05.